The first-order valence-electron chi connectivity index (χ1n) is 9.41. The monoisotopic (exact) mass is 550 g/mol. The molecular formula is C23H17BrCl2N2O5. The topological polar surface area (TPSA) is 86.2 Å². The van der Waals surface area contributed by atoms with Crippen LogP contribution in [0.1, 0.15) is 15.9 Å². The van der Waals surface area contributed by atoms with Crippen molar-refractivity contribution in [2.24, 2.45) is 5.10 Å². The molecular weight excluding hydrogens is 535 g/mol. The second-order valence-electron chi connectivity index (χ2n) is 6.46. The zero-order chi connectivity index (χ0) is 23.8. The molecule has 0 atom stereocenters. The summed E-state index contributed by atoms with van der Waals surface area (Å²) in [5.41, 5.74) is 3.16. The van der Waals surface area contributed by atoms with Crippen LogP contribution in [-0.2, 0) is 4.79 Å². The summed E-state index contributed by atoms with van der Waals surface area (Å²) in [6, 6.07) is 16.2. The molecule has 0 aliphatic rings. The highest BCUT2D eigenvalue weighted by Gasteiger charge is 2.12. The molecule has 3 rings (SSSR count). The maximum atomic E-state index is 12.5. The third-order valence-electron chi connectivity index (χ3n) is 4.15. The Morgan fingerprint density at radius 2 is 1.76 bits per heavy atom. The number of amides is 1. The highest BCUT2D eigenvalue weighted by Crippen LogP contribution is 2.27. The van der Waals surface area contributed by atoms with Crippen molar-refractivity contribution in [1.82, 2.24) is 5.43 Å². The minimum absolute atomic E-state index is 0.265. The van der Waals surface area contributed by atoms with Gasteiger partial charge in [0.2, 0.25) is 0 Å². The lowest BCUT2D eigenvalue weighted by Crippen LogP contribution is -2.24. The smallest absolute Gasteiger partial charge is 0.343 e. The van der Waals surface area contributed by atoms with Gasteiger partial charge in [0.1, 0.15) is 17.2 Å². The summed E-state index contributed by atoms with van der Waals surface area (Å²) < 4.78 is 16.7. The van der Waals surface area contributed by atoms with Gasteiger partial charge in [0.05, 0.1) is 23.9 Å². The lowest BCUT2D eigenvalue weighted by atomic mass is 10.2. The number of nitrogens with zero attached hydrogens (tertiary/aromatic N) is 1. The molecule has 0 fully saturated rings. The number of nitrogens with one attached hydrogen (secondary N) is 1. The highest BCUT2D eigenvalue weighted by molar-refractivity contribution is 9.10. The molecule has 1 amide bonds. The van der Waals surface area contributed by atoms with Crippen LogP contribution in [0.3, 0.4) is 0 Å². The number of hydrogen-bond donors (Lipinski definition) is 1. The number of hydrazone groups is 1. The SMILES string of the molecule is COc1ccc(C(=O)Oc2ccc(Br)cc2/C=N\NC(=O)COc2ccc(Cl)cc2Cl)cc1. The molecule has 0 unspecified atom stereocenters. The van der Waals surface area contributed by atoms with E-state index in [-0.39, 0.29) is 17.4 Å². The molecule has 3 aromatic rings. The Balaban J connectivity index is 1.62. The van der Waals surface area contributed by atoms with E-state index in [9.17, 15) is 9.59 Å². The van der Waals surface area contributed by atoms with Crippen molar-refractivity contribution in [1.29, 1.82) is 0 Å². The van der Waals surface area contributed by atoms with Gasteiger partial charge in [-0.1, -0.05) is 39.1 Å². The van der Waals surface area contributed by atoms with E-state index in [4.69, 9.17) is 37.4 Å². The summed E-state index contributed by atoms with van der Waals surface area (Å²) >= 11 is 15.2. The Morgan fingerprint density at radius 1 is 1.03 bits per heavy atom. The van der Waals surface area contributed by atoms with Gasteiger partial charge in [0.15, 0.2) is 6.61 Å². The van der Waals surface area contributed by atoms with Crippen LogP contribution in [0, 0.1) is 0 Å². The molecule has 0 radical (unpaired) electrons. The van der Waals surface area contributed by atoms with Gasteiger partial charge in [0.25, 0.3) is 5.91 Å². The second-order valence-corrected chi connectivity index (χ2v) is 8.22. The van der Waals surface area contributed by atoms with Crippen molar-refractivity contribution >= 4 is 57.2 Å². The maximum absolute atomic E-state index is 12.5. The number of carbonyl (C=O) groups excluding carboxylic acids is 2. The summed E-state index contributed by atoms with van der Waals surface area (Å²) in [4.78, 5) is 24.5. The average Bonchev–Trinajstić information content (AvgIpc) is 2.80. The van der Waals surface area contributed by atoms with E-state index in [1.165, 1.54) is 12.3 Å². The Kier molecular flexibility index (Phi) is 8.71. The first kappa shape index (κ1) is 24.6. The zero-order valence-corrected chi connectivity index (χ0v) is 20.3. The van der Waals surface area contributed by atoms with Gasteiger partial charge in [-0.15, -0.1) is 0 Å². The van der Waals surface area contributed by atoms with Crippen molar-refractivity contribution in [2.75, 3.05) is 13.7 Å². The van der Waals surface area contributed by atoms with E-state index in [2.05, 4.69) is 26.5 Å². The van der Waals surface area contributed by atoms with Crippen LogP contribution in [0.2, 0.25) is 10.0 Å². The van der Waals surface area contributed by atoms with Crippen LogP contribution in [0.25, 0.3) is 0 Å². The molecule has 170 valence electrons. The first-order valence-corrected chi connectivity index (χ1v) is 11.0. The number of rotatable bonds is 8. The summed E-state index contributed by atoms with van der Waals surface area (Å²) in [7, 11) is 1.54. The van der Waals surface area contributed by atoms with Crippen LogP contribution in [0.5, 0.6) is 17.2 Å². The lowest BCUT2D eigenvalue weighted by Gasteiger charge is -2.09. The molecule has 0 spiro atoms. The molecule has 10 heteroatoms. The number of benzene rings is 3. The molecule has 0 aromatic heterocycles. The predicted molar refractivity (Wildman–Crippen MR) is 130 cm³/mol. The second kappa shape index (κ2) is 11.7. The average molecular weight is 552 g/mol. The Hall–Kier alpha value is -3.07. The third-order valence-corrected chi connectivity index (χ3v) is 5.17. The van der Waals surface area contributed by atoms with E-state index in [0.29, 0.717) is 27.6 Å². The highest BCUT2D eigenvalue weighted by atomic mass is 79.9. The number of halogens is 3. The van der Waals surface area contributed by atoms with E-state index in [0.717, 1.165) is 4.47 Å². The van der Waals surface area contributed by atoms with Gasteiger partial charge in [-0.05, 0) is 60.7 Å². The molecule has 0 saturated carbocycles. The molecule has 0 aliphatic heterocycles. The fourth-order valence-corrected chi connectivity index (χ4v) is 3.38. The minimum Gasteiger partial charge on any atom is -0.497 e. The lowest BCUT2D eigenvalue weighted by molar-refractivity contribution is -0.123. The largest absolute Gasteiger partial charge is 0.497 e. The Bertz CT molecular complexity index is 1190. The Morgan fingerprint density at radius 3 is 2.45 bits per heavy atom. The molecule has 3 aromatic carbocycles. The van der Waals surface area contributed by atoms with Crippen LogP contribution in [0.15, 0.2) is 70.2 Å². The van der Waals surface area contributed by atoms with E-state index < -0.39 is 11.9 Å². The number of methoxy groups -OCH3 is 1. The van der Waals surface area contributed by atoms with Crippen molar-refractivity contribution in [3.63, 3.8) is 0 Å². The minimum atomic E-state index is -0.549. The van der Waals surface area contributed by atoms with Gasteiger partial charge in [-0.3, -0.25) is 4.79 Å². The van der Waals surface area contributed by atoms with Crippen LogP contribution in [-0.4, -0.2) is 31.8 Å². The van der Waals surface area contributed by atoms with E-state index in [1.54, 1.807) is 61.7 Å². The fourth-order valence-electron chi connectivity index (χ4n) is 2.54. The fraction of sp³-hybridized carbons (Fsp3) is 0.0870. The standard InChI is InChI=1S/C23H17BrCl2N2O5/c1-31-18-6-2-14(3-7-18)23(30)33-20-8-4-16(24)10-15(20)12-27-28-22(29)13-32-21-9-5-17(25)11-19(21)26/h2-12H,13H2,1H3,(H,28,29)/b27-12-. The van der Waals surface area contributed by atoms with E-state index in [1.807, 2.05) is 0 Å². The van der Waals surface area contributed by atoms with Gasteiger partial charge < -0.3 is 14.2 Å². The molecule has 0 heterocycles. The van der Waals surface area contributed by atoms with Crippen molar-refractivity contribution in [3.05, 3.63) is 86.3 Å². The van der Waals surface area contributed by atoms with Gasteiger partial charge in [0, 0.05) is 15.1 Å². The molecule has 0 saturated heterocycles. The van der Waals surface area contributed by atoms with E-state index >= 15 is 0 Å². The predicted octanol–water partition coefficient (Wildman–Crippen LogP) is 5.51. The van der Waals surface area contributed by atoms with Gasteiger partial charge in [-0.25, -0.2) is 10.2 Å². The zero-order valence-electron chi connectivity index (χ0n) is 17.2. The summed E-state index contributed by atoms with van der Waals surface area (Å²) in [5.74, 6) is 0.151. The van der Waals surface area contributed by atoms with Crippen molar-refractivity contribution < 1.29 is 23.8 Å². The maximum Gasteiger partial charge on any atom is 0.343 e. The molecule has 1 N–H and O–H groups in total. The van der Waals surface area contributed by atoms with Crippen LogP contribution in [0.4, 0.5) is 0 Å². The first-order chi connectivity index (χ1) is 15.9. The van der Waals surface area contributed by atoms with Crippen LogP contribution < -0.4 is 19.6 Å². The quantitative estimate of drug-likeness (QED) is 0.172. The molecule has 33 heavy (non-hydrogen) atoms. The number of esters is 1. The number of hydrogen-bond acceptors (Lipinski definition) is 6. The number of ether oxygens (including phenoxy) is 3. The number of carbonyl (C=O) groups is 2. The molecule has 7 nitrogen and oxygen atoms in total. The normalized spacial score (nSPS) is 10.7. The summed E-state index contributed by atoms with van der Waals surface area (Å²) in [5, 5.41) is 4.65. The van der Waals surface area contributed by atoms with Crippen molar-refractivity contribution in [3.8, 4) is 17.2 Å². The third kappa shape index (κ3) is 7.21. The summed E-state index contributed by atoms with van der Waals surface area (Å²) in [6.07, 6.45) is 1.36. The van der Waals surface area contributed by atoms with Gasteiger partial charge in [-0.2, -0.15) is 5.10 Å². The van der Waals surface area contributed by atoms with Gasteiger partial charge >= 0.3 is 5.97 Å². The van der Waals surface area contributed by atoms with Crippen molar-refractivity contribution in [2.45, 2.75) is 0 Å². The molecule has 0 aliphatic carbocycles. The molecule has 0 bridgehead atoms. The van der Waals surface area contributed by atoms with Crippen LogP contribution >= 0.6 is 39.1 Å². The summed E-state index contributed by atoms with van der Waals surface area (Å²) in [6.45, 7) is -0.309. The Labute approximate surface area is 208 Å².